The summed E-state index contributed by atoms with van der Waals surface area (Å²) in [4.78, 5) is 14.8. The quantitative estimate of drug-likeness (QED) is 0.542. The van der Waals surface area contributed by atoms with E-state index in [-0.39, 0.29) is 11.9 Å². The summed E-state index contributed by atoms with van der Waals surface area (Å²) in [6.45, 7) is 6.17. The SMILES string of the molecule is C=C[C@@H](c1ccccc1)[C@]1(O)CN([C@H](C)c2cccc3ccccc23)C1=O. The van der Waals surface area contributed by atoms with Crippen LogP contribution in [0.5, 0.6) is 0 Å². The minimum Gasteiger partial charge on any atom is -0.377 e. The number of carbonyl (C=O) groups is 1. The standard InChI is InChI=1S/C24H23NO2/c1-3-22(19-11-5-4-6-12-19)24(27)16-25(23(24)26)17(2)20-15-9-13-18-10-7-8-14-21(18)20/h3-15,17,22,27H,1,16H2,2H3/t17-,22+,24-/m1/s1. The number of nitrogens with zero attached hydrogens (tertiary/aromatic N) is 1. The third-order valence-corrected chi connectivity index (χ3v) is 5.69. The van der Waals surface area contributed by atoms with E-state index in [1.807, 2.05) is 55.5 Å². The van der Waals surface area contributed by atoms with Gasteiger partial charge in [0.2, 0.25) is 0 Å². The minimum absolute atomic E-state index is 0.106. The molecule has 1 fully saturated rings. The van der Waals surface area contributed by atoms with Gasteiger partial charge in [-0.1, -0.05) is 78.9 Å². The monoisotopic (exact) mass is 357 g/mol. The number of hydrogen-bond acceptors (Lipinski definition) is 2. The van der Waals surface area contributed by atoms with Gasteiger partial charge < -0.3 is 10.0 Å². The summed E-state index contributed by atoms with van der Waals surface area (Å²) in [6, 6.07) is 23.8. The highest BCUT2D eigenvalue weighted by Gasteiger charge is 2.56. The average molecular weight is 357 g/mol. The number of hydrogen-bond donors (Lipinski definition) is 1. The maximum Gasteiger partial charge on any atom is 0.257 e. The molecule has 4 rings (SSSR count). The molecule has 1 saturated heterocycles. The van der Waals surface area contributed by atoms with Crippen LogP contribution in [-0.2, 0) is 4.79 Å². The zero-order valence-corrected chi connectivity index (χ0v) is 15.4. The molecule has 1 N–H and O–H groups in total. The van der Waals surface area contributed by atoms with Crippen molar-refractivity contribution < 1.29 is 9.90 Å². The Hall–Kier alpha value is -2.91. The van der Waals surface area contributed by atoms with E-state index in [0.717, 1.165) is 21.9 Å². The Kier molecular flexibility index (Phi) is 4.33. The van der Waals surface area contributed by atoms with Crippen molar-refractivity contribution in [2.45, 2.75) is 24.5 Å². The van der Waals surface area contributed by atoms with Crippen molar-refractivity contribution in [1.82, 2.24) is 4.90 Å². The Labute approximate surface area is 159 Å². The number of aliphatic hydroxyl groups is 1. The van der Waals surface area contributed by atoms with Gasteiger partial charge in [0.1, 0.15) is 0 Å². The first-order valence-corrected chi connectivity index (χ1v) is 9.25. The van der Waals surface area contributed by atoms with Crippen LogP contribution in [0.25, 0.3) is 10.8 Å². The molecule has 0 aromatic heterocycles. The van der Waals surface area contributed by atoms with E-state index in [1.165, 1.54) is 0 Å². The summed E-state index contributed by atoms with van der Waals surface area (Å²) in [7, 11) is 0. The van der Waals surface area contributed by atoms with Gasteiger partial charge in [0.25, 0.3) is 5.91 Å². The van der Waals surface area contributed by atoms with E-state index in [0.29, 0.717) is 6.54 Å². The number of fused-ring (bicyclic) bond motifs is 1. The second kappa shape index (κ2) is 6.67. The summed E-state index contributed by atoms with van der Waals surface area (Å²) in [6.07, 6.45) is 1.67. The van der Waals surface area contributed by atoms with Crippen LogP contribution in [-0.4, -0.2) is 28.1 Å². The molecule has 3 aromatic rings. The molecule has 0 bridgehead atoms. The molecule has 136 valence electrons. The second-order valence-corrected chi connectivity index (χ2v) is 7.23. The Morgan fingerprint density at radius 1 is 1.04 bits per heavy atom. The van der Waals surface area contributed by atoms with E-state index >= 15 is 0 Å². The molecule has 1 amide bonds. The van der Waals surface area contributed by atoms with Crippen LogP contribution in [0.1, 0.15) is 30.0 Å². The van der Waals surface area contributed by atoms with E-state index in [4.69, 9.17) is 0 Å². The predicted octanol–water partition coefficient (Wildman–Crippen LogP) is 4.44. The number of β-lactam (4-membered cyclic amide) rings is 1. The van der Waals surface area contributed by atoms with Crippen LogP contribution in [0.4, 0.5) is 0 Å². The van der Waals surface area contributed by atoms with Crippen molar-refractivity contribution in [1.29, 1.82) is 0 Å². The predicted molar refractivity (Wildman–Crippen MR) is 108 cm³/mol. The molecule has 0 spiro atoms. The van der Waals surface area contributed by atoms with Crippen molar-refractivity contribution in [2.24, 2.45) is 0 Å². The number of amides is 1. The van der Waals surface area contributed by atoms with Gasteiger partial charge in [-0.05, 0) is 28.8 Å². The van der Waals surface area contributed by atoms with Crippen LogP contribution >= 0.6 is 0 Å². The second-order valence-electron chi connectivity index (χ2n) is 7.23. The topological polar surface area (TPSA) is 40.5 Å². The van der Waals surface area contributed by atoms with Crippen LogP contribution in [0.3, 0.4) is 0 Å². The highest BCUT2D eigenvalue weighted by molar-refractivity contribution is 5.94. The Morgan fingerprint density at radius 3 is 2.41 bits per heavy atom. The van der Waals surface area contributed by atoms with E-state index in [2.05, 4.69) is 30.8 Å². The van der Waals surface area contributed by atoms with Crippen LogP contribution in [0, 0.1) is 0 Å². The molecule has 0 unspecified atom stereocenters. The Balaban J connectivity index is 1.62. The third kappa shape index (κ3) is 2.75. The molecule has 27 heavy (non-hydrogen) atoms. The van der Waals surface area contributed by atoms with Gasteiger partial charge in [-0.3, -0.25) is 4.79 Å². The van der Waals surface area contributed by atoms with Gasteiger partial charge >= 0.3 is 0 Å². The molecule has 3 heteroatoms. The van der Waals surface area contributed by atoms with Crippen molar-refractivity contribution in [3.63, 3.8) is 0 Å². The fourth-order valence-corrected chi connectivity index (χ4v) is 4.15. The van der Waals surface area contributed by atoms with E-state index in [9.17, 15) is 9.90 Å². The molecule has 3 aromatic carbocycles. The first kappa shape index (κ1) is 17.5. The van der Waals surface area contributed by atoms with Gasteiger partial charge in [0.15, 0.2) is 5.60 Å². The molecule has 0 saturated carbocycles. The summed E-state index contributed by atoms with van der Waals surface area (Å²) in [5.41, 5.74) is 0.571. The Bertz CT molecular complexity index is 992. The number of rotatable bonds is 5. The number of carbonyl (C=O) groups excluding carboxylic acids is 1. The number of likely N-dealkylation sites (tertiary alicyclic amines) is 1. The normalized spacial score (nSPS) is 21.6. The van der Waals surface area contributed by atoms with Crippen LogP contribution in [0.15, 0.2) is 85.5 Å². The first-order valence-electron chi connectivity index (χ1n) is 9.25. The van der Waals surface area contributed by atoms with Crippen LogP contribution < -0.4 is 0 Å². The average Bonchev–Trinajstić information content (AvgIpc) is 2.72. The largest absolute Gasteiger partial charge is 0.377 e. The fourth-order valence-electron chi connectivity index (χ4n) is 4.15. The molecule has 1 aliphatic heterocycles. The van der Waals surface area contributed by atoms with Crippen molar-refractivity contribution in [2.75, 3.05) is 6.54 Å². The zero-order valence-electron chi connectivity index (χ0n) is 15.4. The van der Waals surface area contributed by atoms with Crippen LogP contribution in [0.2, 0.25) is 0 Å². The highest BCUT2D eigenvalue weighted by atomic mass is 16.3. The van der Waals surface area contributed by atoms with Gasteiger partial charge in [-0.15, -0.1) is 6.58 Å². The molecule has 3 atom stereocenters. The lowest BCUT2D eigenvalue weighted by molar-refractivity contribution is -0.182. The third-order valence-electron chi connectivity index (χ3n) is 5.69. The molecule has 1 aliphatic rings. The molecular weight excluding hydrogens is 334 g/mol. The lowest BCUT2D eigenvalue weighted by atomic mass is 9.75. The van der Waals surface area contributed by atoms with Crippen molar-refractivity contribution in [3.8, 4) is 0 Å². The number of benzene rings is 3. The van der Waals surface area contributed by atoms with Crippen molar-refractivity contribution >= 4 is 16.7 Å². The summed E-state index contributed by atoms with van der Waals surface area (Å²) >= 11 is 0. The summed E-state index contributed by atoms with van der Waals surface area (Å²) in [5.74, 6) is -0.654. The van der Waals surface area contributed by atoms with Crippen molar-refractivity contribution in [3.05, 3.63) is 96.6 Å². The highest BCUT2D eigenvalue weighted by Crippen LogP contribution is 2.42. The van der Waals surface area contributed by atoms with E-state index in [1.54, 1.807) is 11.0 Å². The summed E-state index contributed by atoms with van der Waals surface area (Å²) in [5, 5.41) is 13.4. The molecule has 1 heterocycles. The smallest absolute Gasteiger partial charge is 0.257 e. The van der Waals surface area contributed by atoms with Gasteiger partial charge in [0, 0.05) is 5.92 Å². The van der Waals surface area contributed by atoms with Gasteiger partial charge in [-0.25, -0.2) is 0 Å². The Morgan fingerprint density at radius 2 is 1.70 bits per heavy atom. The fraction of sp³-hybridized carbons (Fsp3) is 0.208. The minimum atomic E-state index is -1.43. The molecule has 3 nitrogen and oxygen atoms in total. The number of β-amino-alcohol motifs (C(OH)–C–C–N with tert-alkyl or cyclic N) is 1. The maximum atomic E-state index is 13.0. The molecular formula is C24H23NO2. The van der Waals surface area contributed by atoms with Gasteiger partial charge in [-0.2, -0.15) is 0 Å². The maximum absolute atomic E-state index is 13.0. The zero-order chi connectivity index (χ0) is 19.0. The molecule has 0 radical (unpaired) electrons. The molecule has 0 aliphatic carbocycles. The lowest BCUT2D eigenvalue weighted by Gasteiger charge is -2.51. The lowest BCUT2D eigenvalue weighted by Crippen LogP contribution is -2.69. The van der Waals surface area contributed by atoms with Gasteiger partial charge in [0.05, 0.1) is 12.6 Å². The van der Waals surface area contributed by atoms with E-state index < -0.39 is 11.5 Å². The first-order chi connectivity index (χ1) is 13.1. The summed E-state index contributed by atoms with van der Waals surface area (Å²) < 4.78 is 0.